The van der Waals surface area contributed by atoms with Crippen molar-refractivity contribution in [3.63, 3.8) is 0 Å². The van der Waals surface area contributed by atoms with Crippen LogP contribution in [0.3, 0.4) is 0 Å². The third kappa shape index (κ3) is 3.16. The Kier molecular flexibility index (Phi) is 4.26. The minimum absolute atomic E-state index is 0.165. The van der Waals surface area contributed by atoms with E-state index in [9.17, 15) is 4.79 Å². The van der Waals surface area contributed by atoms with Crippen molar-refractivity contribution < 1.29 is 4.79 Å². The Labute approximate surface area is 147 Å². The third-order valence-electron chi connectivity index (χ3n) is 5.22. The molecule has 2 aromatic carbocycles. The SMILES string of the molecule is Cn1nc(C(=O)Nc2ccc(C3CCCCC3)cc2)c2ccccc21. The van der Waals surface area contributed by atoms with Gasteiger partial charge in [0.1, 0.15) is 0 Å². The summed E-state index contributed by atoms with van der Waals surface area (Å²) in [4.78, 5) is 12.6. The molecule has 0 unspecified atom stereocenters. The first-order valence-corrected chi connectivity index (χ1v) is 9.05. The van der Waals surface area contributed by atoms with Crippen LogP contribution in [0.4, 0.5) is 5.69 Å². The number of benzene rings is 2. The number of fused-ring (bicyclic) bond motifs is 1. The Morgan fingerprint density at radius 3 is 2.52 bits per heavy atom. The van der Waals surface area contributed by atoms with Crippen molar-refractivity contribution in [2.45, 2.75) is 38.0 Å². The van der Waals surface area contributed by atoms with Gasteiger partial charge in [-0.1, -0.05) is 49.6 Å². The first-order chi connectivity index (χ1) is 12.2. The number of rotatable bonds is 3. The van der Waals surface area contributed by atoms with Crippen LogP contribution in [-0.4, -0.2) is 15.7 Å². The quantitative estimate of drug-likeness (QED) is 0.743. The Bertz CT molecular complexity index is 889. The lowest BCUT2D eigenvalue weighted by Gasteiger charge is -2.22. The summed E-state index contributed by atoms with van der Waals surface area (Å²) in [6.45, 7) is 0. The van der Waals surface area contributed by atoms with E-state index in [2.05, 4.69) is 22.5 Å². The fraction of sp³-hybridized carbons (Fsp3) is 0.333. The maximum Gasteiger partial charge on any atom is 0.276 e. The molecule has 0 atom stereocenters. The van der Waals surface area contributed by atoms with Gasteiger partial charge in [0.05, 0.1) is 5.52 Å². The number of carbonyl (C=O) groups excluding carboxylic acids is 1. The monoisotopic (exact) mass is 333 g/mol. The molecule has 1 fully saturated rings. The van der Waals surface area contributed by atoms with Gasteiger partial charge in [0, 0.05) is 18.1 Å². The molecule has 1 saturated carbocycles. The lowest BCUT2D eigenvalue weighted by Crippen LogP contribution is -2.13. The Hall–Kier alpha value is -2.62. The fourth-order valence-electron chi connectivity index (χ4n) is 3.85. The molecular formula is C21H23N3O. The van der Waals surface area contributed by atoms with Crippen LogP contribution in [0.25, 0.3) is 10.9 Å². The Morgan fingerprint density at radius 1 is 1.04 bits per heavy atom. The molecule has 4 heteroatoms. The third-order valence-corrected chi connectivity index (χ3v) is 5.22. The lowest BCUT2D eigenvalue weighted by molar-refractivity contribution is 0.102. The Morgan fingerprint density at radius 2 is 1.76 bits per heavy atom. The molecular weight excluding hydrogens is 310 g/mol. The van der Waals surface area contributed by atoms with Crippen LogP contribution >= 0.6 is 0 Å². The molecule has 1 aromatic heterocycles. The van der Waals surface area contributed by atoms with Gasteiger partial charge in [-0.05, 0) is 42.5 Å². The van der Waals surface area contributed by atoms with Crippen molar-refractivity contribution in [1.82, 2.24) is 9.78 Å². The van der Waals surface area contributed by atoms with E-state index in [1.807, 2.05) is 43.4 Å². The van der Waals surface area contributed by atoms with Crippen molar-refractivity contribution >= 4 is 22.5 Å². The second-order valence-corrected chi connectivity index (χ2v) is 6.90. The van der Waals surface area contributed by atoms with E-state index in [0.29, 0.717) is 11.6 Å². The van der Waals surface area contributed by atoms with Gasteiger partial charge < -0.3 is 5.32 Å². The molecule has 4 rings (SSSR count). The standard InChI is InChI=1S/C21H23N3O/c1-24-19-10-6-5-9-18(19)20(23-24)21(25)22-17-13-11-16(12-14-17)15-7-3-2-4-8-15/h5-6,9-15H,2-4,7-8H2,1H3,(H,22,25). The van der Waals surface area contributed by atoms with Crippen molar-refractivity contribution in [2.75, 3.05) is 5.32 Å². The maximum atomic E-state index is 12.6. The van der Waals surface area contributed by atoms with Crippen LogP contribution in [0.2, 0.25) is 0 Å². The minimum atomic E-state index is -0.165. The predicted molar refractivity (Wildman–Crippen MR) is 101 cm³/mol. The van der Waals surface area contributed by atoms with E-state index >= 15 is 0 Å². The van der Waals surface area contributed by atoms with Crippen molar-refractivity contribution in [3.05, 3.63) is 59.8 Å². The number of hydrogen-bond acceptors (Lipinski definition) is 2. The number of amides is 1. The van der Waals surface area contributed by atoms with E-state index in [1.54, 1.807) is 4.68 Å². The molecule has 1 aliphatic rings. The van der Waals surface area contributed by atoms with Crippen molar-refractivity contribution in [3.8, 4) is 0 Å². The maximum absolute atomic E-state index is 12.6. The summed E-state index contributed by atoms with van der Waals surface area (Å²) < 4.78 is 1.75. The normalized spacial score (nSPS) is 15.4. The van der Waals surface area contributed by atoms with E-state index in [-0.39, 0.29) is 5.91 Å². The summed E-state index contributed by atoms with van der Waals surface area (Å²) in [6, 6.07) is 16.1. The first kappa shape index (κ1) is 15.9. The molecule has 4 nitrogen and oxygen atoms in total. The smallest absolute Gasteiger partial charge is 0.276 e. The zero-order chi connectivity index (χ0) is 17.2. The highest BCUT2D eigenvalue weighted by atomic mass is 16.2. The van der Waals surface area contributed by atoms with Gasteiger partial charge in [0.2, 0.25) is 0 Å². The average Bonchev–Trinajstić information content (AvgIpc) is 3.00. The largest absolute Gasteiger partial charge is 0.321 e. The molecule has 1 amide bonds. The second-order valence-electron chi connectivity index (χ2n) is 6.90. The molecule has 25 heavy (non-hydrogen) atoms. The van der Waals surface area contributed by atoms with Crippen LogP contribution in [0.15, 0.2) is 48.5 Å². The number of hydrogen-bond donors (Lipinski definition) is 1. The molecule has 0 bridgehead atoms. The average molecular weight is 333 g/mol. The number of anilines is 1. The van der Waals surface area contributed by atoms with Gasteiger partial charge in [0.15, 0.2) is 5.69 Å². The van der Waals surface area contributed by atoms with Crippen LogP contribution in [0.1, 0.15) is 54.1 Å². The molecule has 3 aromatic rings. The van der Waals surface area contributed by atoms with E-state index in [0.717, 1.165) is 16.6 Å². The summed E-state index contributed by atoms with van der Waals surface area (Å²) in [6.07, 6.45) is 6.59. The summed E-state index contributed by atoms with van der Waals surface area (Å²) in [7, 11) is 1.86. The van der Waals surface area contributed by atoms with Gasteiger partial charge in [-0.25, -0.2) is 0 Å². The predicted octanol–water partition coefficient (Wildman–Crippen LogP) is 4.87. The zero-order valence-corrected chi connectivity index (χ0v) is 14.5. The summed E-state index contributed by atoms with van der Waals surface area (Å²) in [5, 5.41) is 8.24. The number of aromatic nitrogens is 2. The summed E-state index contributed by atoms with van der Waals surface area (Å²) in [5.74, 6) is 0.514. The van der Waals surface area contributed by atoms with E-state index in [4.69, 9.17) is 0 Å². The van der Waals surface area contributed by atoms with Gasteiger partial charge >= 0.3 is 0 Å². The second kappa shape index (κ2) is 6.71. The number of para-hydroxylation sites is 1. The molecule has 0 aliphatic heterocycles. The zero-order valence-electron chi connectivity index (χ0n) is 14.5. The van der Waals surface area contributed by atoms with E-state index < -0.39 is 0 Å². The molecule has 1 heterocycles. The highest BCUT2D eigenvalue weighted by Crippen LogP contribution is 2.33. The van der Waals surface area contributed by atoms with Gasteiger partial charge in [-0.15, -0.1) is 0 Å². The minimum Gasteiger partial charge on any atom is -0.321 e. The highest BCUT2D eigenvalue weighted by Gasteiger charge is 2.17. The molecule has 1 N–H and O–H groups in total. The van der Waals surface area contributed by atoms with Crippen molar-refractivity contribution in [2.24, 2.45) is 7.05 Å². The van der Waals surface area contributed by atoms with Crippen LogP contribution in [0.5, 0.6) is 0 Å². The molecule has 0 spiro atoms. The van der Waals surface area contributed by atoms with Gasteiger partial charge in [0.25, 0.3) is 5.91 Å². The fourth-order valence-corrected chi connectivity index (χ4v) is 3.85. The number of nitrogens with zero attached hydrogens (tertiary/aromatic N) is 2. The topological polar surface area (TPSA) is 46.9 Å². The summed E-state index contributed by atoms with van der Waals surface area (Å²) >= 11 is 0. The first-order valence-electron chi connectivity index (χ1n) is 9.05. The lowest BCUT2D eigenvalue weighted by atomic mass is 9.84. The number of carbonyl (C=O) groups is 1. The number of nitrogens with one attached hydrogen (secondary N) is 1. The molecule has 1 aliphatic carbocycles. The number of aryl methyl sites for hydroxylation is 1. The van der Waals surface area contributed by atoms with Crippen LogP contribution in [-0.2, 0) is 7.05 Å². The Balaban J connectivity index is 1.52. The molecule has 0 radical (unpaired) electrons. The molecule has 128 valence electrons. The van der Waals surface area contributed by atoms with Crippen LogP contribution < -0.4 is 5.32 Å². The van der Waals surface area contributed by atoms with Gasteiger partial charge in [-0.2, -0.15) is 5.10 Å². The van der Waals surface area contributed by atoms with Crippen LogP contribution in [0, 0.1) is 0 Å². The van der Waals surface area contributed by atoms with Gasteiger partial charge in [-0.3, -0.25) is 9.48 Å². The molecule has 0 saturated heterocycles. The van der Waals surface area contributed by atoms with E-state index in [1.165, 1.54) is 37.7 Å². The summed E-state index contributed by atoms with van der Waals surface area (Å²) in [5.41, 5.74) is 3.63. The van der Waals surface area contributed by atoms with Crippen molar-refractivity contribution in [1.29, 1.82) is 0 Å². The highest BCUT2D eigenvalue weighted by molar-refractivity contribution is 6.11.